The van der Waals surface area contributed by atoms with E-state index in [1.165, 1.54) is 42.5 Å². The molecule has 6 rings (SSSR count). The fourth-order valence-electron chi connectivity index (χ4n) is 4.65. The van der Waals surface area contributed by atoms with Crippen LogP contribution in [0.5, 0.6) is 34.5 Å². The van der Waals surface area contributed by atoms with Crippen molar-refractivity contribution in [3.05, 3.63) is 88.4 Å². The molecule has 0 amide bonds. The molecule has 0 aliphatic rings. The first kappa shape index (κ1) is 41.1. The summed E-state index contributed by atoms with van der Waals surface area (Å²) < 4.78 is 28.0. The first-order valence-electron chi connectivity index (χ1n) is 13.8. The van der Waals surface area contributed by atoms with Crippen molar-refractivity contribution in [1.29, 1.82) is 0 Å². The van der Waals surface area contributed by atoms with Gasteiger partial charge in [-0.2, -0.15) is 0 Å². The minimum absolute atomic E-state index is 0. The Labute approximate surface area is 301 Å². The van der Waals surface area contributed by atoms with Crippen LogP contribution in [0.1, 0.15) is 7.43 Å². The summed E-state index contributed by atoms with van der Waals surface area (Å²) >= 11 is 0. The number of rotatable bonds is 3. The van der Waals surface area contributed by atoms with Gasteiger partial charge >= 0.3 is 5.43 Å². The first-order valence-corrected chi connectivity index (χ1v) is 17.8. The van der Waals surface area contributed by atoms with Crippen LogP contribution < -0.4 is 10.9 Å². The van der Waals surface area contributed by atoms with Gasteiger partial charge in [-0.3, -0.25) is 18.0 Å². The fourth-order valence-corrected chi connectivity index (χ4v) is 4.65. The van der Waals surface area contributed by atoms with Crippen molar-refractivity contribution < 1.29 is 69.8 Å². The molecule has 6 aromatic rings. The van der Waals surface area contributed by atoms with E-state index in [1.807, 2.05) is 0 Å². The summed E-state index contributed by atoms with van der Waals surface area (Å²) in [6, 6.07) is 15.9. The number of phenols is 5. The first-order chi connectivity index (χ1) is 22.6. The smallest absolute Gasteiger partial charge is 0.364 e. The van der Waals surface area contributed by atoms with E-state index in [-0.39, 0.29) is 125 Å². The molecule has 0 aliphatic heterocycles. The Morgan fingerprint density at radius 2 is 1.22 bits per heavy atom. The molecule has 0 saturated carbocycles. The van der Waals surface area contributed by atoms with Crippen LogP contribution in [0.15, 0.2) is 86.4 Å². The summed E-state index contributed by atoms with van der Waals surface area (Å²) in [6.07, 6.45) is 7.00. The zero-order chi connectivity index (χ0) is 35.4. The topological polar surface area (TPSA) is 232 Å². The zero-order valence-electron chi connectivity index (χ0n) is 26.3. The summed E-state index contributed by atoms with van der Waals surface area (Å²) in [6.45, 7) is 0. The maximum absolute atomic E-state index is 12.8. The van der Waals surface area contributed by atoms with Crippen molar-refractivity contribution >= 4 is 43.5 Å². The summed E-state index contributed by atoms with van der Waals surface area (Å²) in [5, 5.41) is 59.5. The van der Waals surface area contributed by atoms with Gasteiger partial charge in [0.25, 0.3) is 5.75 Å². The molecule has 50 heavy (non-hydrogen) atoms. The SMILES string of the molecule is C.CS(C)=[OH+].CS(C)=[OH+].O=c1cc(-c2ccc(O)c(-c3c(O)cc([OH2+])c4c(=[OH+])cc(-c5ccc(O)cc5)oc34)c2)oc2cc(O)cc(O)c12.[Cu]. The molecule has 0 saturated heterocycles. The molecule has 0 unspecified atom stereocenters. The molecule has 12 nitrogen and oxygen atoms in total. The summed E-state index contributed by atoms with van der Waals surface area (Å²) in [4.78, 5) is 23.6. The molecule has 0 fully saturated rings. The van der Waals surface area contributed by atoms with Crippen molar-refractivity contribution in [2.45, 2.75) is 7.43 Å². The van der Waals surface area contributed by atoms with Crippen molar-refractivity contribution in [3.63, 3.8) is 0 Å². The molecule has 2 aromatic heterocycles. The van der Waals surface area contributed by atoms with E-state index in [1.54, 1.807) is 37.2 Å². The summed E-state index contributed by atoms with van der Waals surface area (Å²) in [7, 11) is -0.722. The van der Waals surface area contributed by atoms with Gasteiger partial charge in [0.1, 0.15) is 51.2 Å². The van der Waals surface area contributed by atoms with E-state index >= 15 is 0 Å². The molecular weight excluding hydrogens is 740 g/mol. The summed E-state index contributed by atoms with van der Waals surface area (Å²) in [5.74, 6) is -1.49. The van der Waals surface area contributed by atoms with Crippen LogP contribution in [0.25, 0.3) is 55.7 Å². The van der Waals surface area contributed by atoms with Gasteiger partial charge in [0.15, 0.2) is 32.6 Å². The third-order valence-corrected chi connectivity index (χ3v) is 6.49. The van der Waals surface area contributed by atoms with Gasteiger partial charge < -0.3 is 39.5 Å². The van der Waals surface area contributed by atoms with Gasteiger partial charge in [-0.15, -0.1) is 0 Å². The molecule has 10 N–H and O–H groups in total. The Balaban J connectivity index is 0.000000787. The number of benzene rings is 4. The van der Waals surface area contributed by atoms with Crippen LogP contribution in [0.2, 0.25) is 0 Å². The number of phenolic OH excluding ortho intramolecular Hbond substituents is 5. The van der Waals surface area contributed by atoms with Crippen LogP contribution in [0, 0.1) is 0 Å². The number of aromatic hydroxyl groups is 5. The average molecular weight is 778 g/mol. The maximum atomic E-state index is 12.8. The predicted molar refractivity (Wildman–Crippen MR) is 194 cm³/mol. The van der Waals surface area contributed by atoms with Crippen LogP contribution in [0.4, 0.5) is 0 Å². The second kappa shape index (κ2) is 17.0. The third kappa shape index (κ3) is 9.33. The molecule has 0 atom stereocenters. The van der Waals surface area contributed by atoms with E-state index in [0.29, 0.717) is 5.56 Å². The Morgan fingerprint density at radius 1 is 0.660 bits per heavy atom. The second-order valence-corrected chi connectivity index (χ2v) is 13.8. The molecule has 0 aliphatic carbocycles. The molecule has 0 spiro atoms. The third-order valence-electron chi connectivity index (χ3n) is 6.49. The largest absolute Gasteiger partial charge is 0.592 e. The van der Waals surface area contributed by atoms with Crippen LogP contribution in [0.3, 0.4) is 0 Å². The maximum Gasteiger partial charge on any atom is 0.364 e. The Bertz CT molecular complexity index is 2310. The standard InChI is InChI=1S/C30H18O10.2C2H6OS.CH4.Cu/c31-15-4-1-13(2-5-15)24-12-23(38)29-21(36)10-20(35)27(30(29)40-24)17-7-14(3-6-18(17)33)25-11-22(37)28-19(34)8-16(32)9-26(28)39-25;2*1-4(2)3;;/h1-12,31-36H;2*1-2H3;1H4;/p+4. The molecule has 269 valence electrons. The molecule has 15 heteroatoms. The monoisotopic (exact) mass is 777 g/mol. The molecule has 2 heterocycles. The van der Waals surface area contributed by atoms with Crippen molar-refractivity contribution in [2.75, 3.05) is 25.0 Å². The molecule has 0 bridgehead atoms. The van der Waals surface area contributed by atoms with Gasteiger partial charge in [-0.1, -0.05) is 7.43 Å². The Hall–Kier alpha value is -5.08. The number of hydrogen-bond acceptors (Lipinski definition) is 8. The number of fused-ring (bicyclic) bond motifs is 2. The minimum atomic E-state index is -0.575. The second-order valence-electron chi connectivity index (χ2n) is 10.7. The van der Waals surface area contributed by atoms with Gasteiger partial charge in [-0.05, 0) is 42.5 Å². The molecular formula is C35H38CuO12S2+4. The van der Waals surface area contributed by atoms with E-state index < -0.39 is 16.9 Å². The number of hydrogen-bond donors (Lipinski definition) is 5. The van der Waals surface area contributed by atoms with E-state index in [9.17, 15) is 35.1 Å². The normalized spacial score (nSPS) is 10.4. The van der Waals surface area contributed by atoms with Gasteiger partial charge in [0.05, 0.1) is 42.7 Å². The quantitative estimate of drug-likeness (QED) is 0.114. The van der Waals surface area contributed by atoms with E-state index in [0.717, 1.165) is 18.2 Å². The molecule has 1 radical (unpaired) electrons. The van der Waals surface area contributed by atoms with Crippen LogP contribution in [-0.2, 0) is 38.7 Å². The molecule has 4 aromatic carbocycles. The van der Waals surface area contributed by atoms with E-state index in [2.05, 4.69) is 0 Å². The van der Waals surface area contributed by atoms with Crippen LogP contribution >= 0.6 is 0 Å². The zero-order valence-corrected chi connectivity index (χ0v) is 28.9. The Morgan fingerprint density at radius 3 is 1.82 bits per heavy atom. The minimum Gasteiger partial charge on any atom is -0.592 e. The van der Waals surface area contributed by atoms with Crippen LogP contribution in [-0.4, -0.2) is 68.9 Å². The van der Waals surface area contributed by atoms with Crippen molar-refractivity contribution in [3.8, 4) is 68.3 Å². The summed E-state index contributed by atoms with van der Waals surface area (Å²) in [5.41, 5.74) is -0.295. The fraction of sp³-hybridized carbons (Fsp3) is 0.143. The average Bonchev–Trinajstić information content (AvgIpc) is 2.96. The van der Waals surface area contributed by atoms with Gasteiger partial charge in [-0.25, -0.2) is 0 Å². The van der Waals surface area contributed by atoms with Gasteiger partial charge in [0.2, 0.25) is 5.39 Å². The van der Waals surface area contributed by atoms with E-state index in [4.69, 9.17) is 22.4 Å². The van der Waals surface area contributed by atoms with Gasteiger partial charge in [0, 0.05) is 52.0 Å². The van der Waals surface area contributed by atoms with Crippen molar-refractivity contribution in [1.82, 2.24) is 0 Å². The Kier molecular flexibility index (Phi) is 14.0. The predicted octanol–water partition coefficient (Wildman–Crippen LogP) is 5.45. The van der Waals surface area contributed by atoms with Crippen molar-refractivity contribution in [2.24, 2.45) is 0 Å².